The molecule has 3 rings (SSSR count). The molecule has 0 unspecified atom stereocenters. The van der Waals surface area contributed by atoms with Gasteiger partial charge in [-0.3, -0.25) is 9.36 Å². The van der Waals surface area contributed by atoms with E-state index in [4.69, 9.17) is 4.74 Å². The van der Waals surface area contributed by atoms with Gasteiger partial charge in [-0.25, -0.2) is 9.89 Å². The number of aromatic amines is 1. The highest BCUT2D eigenvalue weighted by atomic mass is 32.2. The molecule has 1 aliphatic heterocycles. The molecule has 8 heteroatoms. The van der Waals surface area contributed by atoms with Crippen LogP contribution in [0.15, 0.2) is 28.2 Å². The number of para-hydroxylation sites is 1. The Labute approximate surface area is 150 Å². The minimum Gasteiger partial charge on any atom is -0.376 e. The molecule has 1 amide bonds. The Hall–Kier alpha value is -2.06. The van der Waals surface area contributed by atoms with Crippen molar-refractivity contribution >= 4 is 23.4 Å². The summed E-state index contributed by atoms with van der Waals surface area (Å²) < 4.78 is 7.13. The van der Waals surface area contributed by atoms with Crippen LogP contribution in [0, 0.1) is 13.8 Å². The van der Waals surface area contributed by atoms with E-state index in [1.165, 1.54) is 11.8 Å². The first-order valence-electron chi connectivity index (χ1n) is 8.30. The summed E-state index contributed by atoms with van der Waals surface area (Å²) >= 11 is 1.24. The van der Waals surface area contributed by atoms with Crippen LogP contribution in [0.5, 0.6) is 0 Å². The number of hydrogen-bond acceptors (Lipinski definition) is 5. The van der Waals surface area contributed by atoms with E-state index in [-0.39, 0.29) is 23.5 Å². The van der Waals surface area contributed by atoms with Gasteiger partial charge in [-0.05, 0) is 37.8 Å². The van der Waals surface area contributed by atoms with Crippen molar-refractivity contribution in [2.75, 3.05) is 17.7 Å². The largest absolute Gasteiger partial charge is 0.376 e. The molecule has 2 heterocycles. The first kappa shape index (κ1) is 17.8. The summed E-state index contributed by atoms with van der Waals surface area (Å²) in [6.07, 6.45) is 1.99. The van der Waals surface area contributed by atoms with E-state index in [2.05, 4.69) is 15.5 Å². The fourth-order valence-corrected chi connectivity index (χ4v) is 3.64. The van der Waals surface area contributed by atoms with Crippen LogP contribution in [0.3, 0.4) is 0 Å². The third-order valence-electron chi connectivity index (χ3n) is 4.21. The zero-order valence-electron chi connectivity index (χ0n) is 14.4. The van der Waals surface area contributed by atoms with Crippen molar-refractivity contribution < 1.29 is 9.53 Å². The number of aromatic nitrogens is 3. The van der Waals surface area contributed by atoms with Crippen LogP contribution in [0.25, 0.3) is 0 Å². The van der Waals surface area contributed by atoms with Gasteiger partial charge in [-0.1, -0.05) is 30.0 Å². The maximum Gasteiger partial charge on any atom is 0.344 e. The van der Waals surface area contributed by atoms with Gasteiger partial charge >= 0.3 is 5.69 Å². The third kappa shape index (κ3) is 4.32. The highest BCUT2D eigenvalue weighted by Gasteiger charge is 2.20. The molecular weight excluding hydrogens is 340 g/mol. The minimum absolute atomic E-state index is 0.0399. The molecule has 7 nitrogen and oxygen atoms in total. The Bertz CT molecular complexity index is 788. The van der Waals surface area contributed by atoms with Crippen LogP contribution in [-0.4, -0.2) is 39.1 Å². The average Bonchev–Trinajstić information content (AvgIpc) is 3.21. The lowest BCUT2D eigenvalue weighted by Crippen LogP contribution is -2.25. The highest BCUT2D eigenvalue weighted by molar-refractivity contribution is 7.99. The molecule has 1 fully saturated rings. The summed E-state index contributed by atoms with van der Waals surface area (Å²) in [5.41, 5.74) is 2.61. The van der Waals surface area contributed by atoms with Crippen LogP contribution in [0.2, 0.25) is 0 Å². The Kier molecular flexibility index (Phi) is 5.60. The summed E-state index contributed by atoms with van der Waals surface area (Å²) in [4.78, 5) is 24.2. The highest BCUT2D eigenvalue weighted by Crippen LogP contribution is 2.21. The number of H-pyrrole nitrogens is 1. The predicted octanol–water partition coefficient (Wildman–Crippen LogP) is 2.10. The summed E-state index contributed by atoms with van der Waals surface area (Å²) in [6.45, 7) is 5.12. The van der Waals surface area contributed by atoms with Gasteiger partial charge in [-0.2, -0.15) is 0 Å². The molecule has 1 aliphatic rings. The molecule has 25 heavy (non-hydrogen) atoms. The van der Waals surface area contributed by atoms with E-state index in [0.29, 0.717) is 11.7 Å². The van der Waals surface area contributed by atoms with E-state index in [1.807, 2.05) is 32.0 Å². The summed E-state index contributed by atoms with van der Waals surface area (Å²) in [5.74, 6) is 0.0605. The molecule has 1 aromatic carbocycles. The van der Waals surface area contributed by atoms with Crippen LogP contribution >= 0.6 is 11.8 Å². The van der Waals surface area contributed by atoms with Crippen molar-refractivity contribution in [1.82, 2.24) is 14.8 Å². The molecule has 1 saturated heterocycles. The van der Waals surface area contributed by atoms with E-state index < -0.39 is 0 Å². The van der Waals surface area contributed by atoms with E-state index in [9.17, 15) is 9.59 Å². The topological polar surface area (TPSA) is 89.0 Å². The van der Waals surface area contributed by atoms with Crippen molar-refractivity contribution in [1.29, 1.82) is 0 Å². The summed E-state index contributed by atoms with van der Waals surface area (Å²) in [5, 5.41) is 9.93. The molecule has 0 bridgehead atoms. The van der Waals surface area contributed by atoms with E-state index in [1.54, 1.807) is 4.57 Å². The number of rotatable bonds is 6. The Morgan fingerprint density at radius 3 is 2.88 bits per heavy atom. The van der Waals surface area contributed by atoms with Gasteiger partial charge in [0.25, 0.3) is 0 Å². The SMILES string of the molecule is Cc1cccc(C)c1NC(=O)CSc1n[nH]c(=O)n1C[C@H]1CCCO1. The Morgan fingerprint density at radius 1 is 1.44 bits per heavy atom. The van der Waals surface area contributed by atoms with Crippen LogP contribution in [0.1, 0.15) is 24.0 Å². The first-order chi connectivity index (χ1) is 12.0. The summed E-state index contributed by atoms with van der Waals surface area (Å²) in [6, 6.07) is 5.88. The molecular formula is C17H22N4O3S. The lowest BCUT2D eigenvalue weighted by molar-refractivity contribution is -0.113. The van der Waals surface area contributed by atoms with Gasteiger partial charge in [0.15, 0.2) is 5.16 Å². The zero-order chi connectivity index (χ0) is 17.8. The maximum atomic E-state index is 12.3. The number of benzene rings is 1. The smallest absolute Gasteiger partial charge is 0.344 e. The number of carbonyl (C=O) groups excluding carboxylic acids is 1. The molecule has 2 aromatic rings. The van der Waals surface area contributed by atoms with Crippen molar-refractivity contribution in [3.05, 3.63) is 39.8 Å². The normalized spacial score (nSPS) is 17.0. The van der Waals surface area contributed by atoms with Gasteiger partial charge in [-0.15, -0.1) is 5.10 Å². The summed E-state index contributed by atoms with van der Waals surface area (Å²) in [7, 11) is 0. The quantitative estimate of drug-likeness (QED) is 0.768. The zero-order valence-corrected chi connectivity index (χ0v) is 15.2. The number of thioether (sulfide) groups is 1. The average molecular weight is 362 g/mol. The van der Waals surface area contributed by atoms with Gasteiger partial charge in [0.05, 0.1) is 18.4 Å². The monoisotopic (exact) mass is 362 g/mol. The second-order valence-electron chi connectivity index (χ2n) is 6.16. The first-order valence-corrected chi connectivity index (χ1v) is 9.29. The number of nitrogens with zero attached hydrogens (tertiary/aromatic N) is 2. The molecule has 1 atom stereocenters. The number of aryl methyl sites for hydroxylation is 2. The molecule has 0 saturated carbocycles. The van der Waals surface area contributed by atoms with Crippen LogP contribution < -0.4 is 11.0 Å². The van der Waals surface area contributed by atoms with Crippen molar-refractivity contribution in [3.8, 4) is 0 Å². The second kappa shape index (κ2) is 7.88. The number of nitrogens with one attached hydrogen (secondary N) is 2. The van der Waals surface area contributed by atoms with Gasteiger partial charge in [0.2, 0.25) is 5.91 Å². The van der Waals surface area contributed by atoms with E-state index >= 15 is 0 Å². The maximum absolute atomic E-state index is 12.3. The lowest BCUT2D eigenvalue weighted by Gasteiger charge is -2.12. The Morgan fingerprint density at radius 2 is 2.20 bits per heavy atom. The fraction of sp³-hybridized carbons (Fsp3) is 0.471. The minimum atomic E-state index is -0.270. The molecule has 0 spiro atoms. The second-order valence-corrected chi connectivity index (χ2v) is 7.10. The van der Waals surface area contributed by atoms with Gasteiger partial charge < -0.3 is 10.1 Å². The number of carbonyl (C=O) groups is 1. The molecule has 0 aliphatic carbocycles. The Balaban J connectivity index is 1.61. The molecule has 0 radical (unpaired) electrons. The number of hydrogen-bond donors (Lipinski definition) is 2. The fourth-order valence-electron chi connectivity index (χ4n) is 2.88. The van der Waals surface area contributed by atoms with E-state index in [0.717, 1.165) is 36.3 Å². The number of anilines is 1. The molecule has 1 aromatic heterocycles. The van der Waals surface area contributed by atoms with Crippen LogP contribution in [0.4, 0.5) is 5.69 Å². The number of ether oxygens (including phenoxy) is 1. The molecule has 2 N–H and O–H groups in total. The predicted molar refractivity (Wildman–Crippen MR) is 97.1 cm³/mol. The van der Waals surface area contributed by atoms with Crippen molar-refractivity contribution in [3.63, 3.8) is 0 Å². The van der Waals surface area contributed by atoms with Crippen molar-refractivity contribution in [2.24, 2.45) is 0 Å². The van der Waals surface area contributed by atoms with Gasteiger partial charge in [0.1, 0.15) is 0 Å². The molecule has 134 valence electrons. The van der Waals surface area contributed by atoms with Crippen molar-refractivity contribution in [2.45, 2.75) is 44.5 Å². The number of amides is 1. The van der Waals surface area contributed by atoms with Crippen LogP contribution in [-0.2, 0) is 16.1 Å². The standard InChI is InChI=1S/C17H22N4O3S/c1-11-5-3-6-12(2)15(11)18-14(22)10-25-17-20-19-16(23)21(17)9-13-7-4-8-24-13/h3,5-6,13H,4,7-10H2,1-2H3,(H,18,22)(H,19,23)/t13-/m1/s1. The lowest BCUT2D eigenvalue weighted by atomic mass is 10.1. The third-order valence-corrected chi connectivity index (χ3v) is 5.19. The van der Waals surface area contributed by atoms with Gasteiger partial charge in [0, 0.05) is 12.3 Å².